The molecule has 2 aromatic rings. The first kappa shape index (κ1) is 12.6. The minimum Gasteiger partial charge on any atom is -0.377 e. The summed E-state index contributed by atoms with van der Waals surface area (Å²) in [5.74, 6) is 0. The molecule has 1 fully saturated rings. The van der Waals surface area contributed by atoms with Crippen molar-refractivity contribution in [2.45, 2.75) is 25.9 Å². The van der Waals surface area contributed by atoms with Gasteiger partial charge in [0.15, 0.2) is 0 Å². The van der Waals surface area contributed by atoms with Crippen LogP contribution in [0.5, 0.6) is 0 Å². The van der Waals surface area contributed by atoms with Crippen molar-refractivity contribution in [2.24, 2.45) is 0 Å². The van der Waals surface area contributed by atoms with Gasteiger partial charge in [0.2, 0.25) is 10.1 Å². The highest BCUT2D eigenvalue weighted by molar-refractivity contribution is 7.20. The minimum absolute atomic E-state index is 0.133. The number of rotatable bonds is 3. The molecule has 0 saturated carbocycles. The van der Waals surface area contributed by atoms with Gasteiger partial charge in [0.1, 0.15) is 0 Å². The van der Waals surface area contributed by atoms with Crippen LogP contribution in [0.2, 0.25) is 0 Å². The lowest BCUT2D eigenvalue weighted by Crippen LogP contribution is -2.39. The molecule has 1 aliphatic rings. The maximum Gasteiger partial charge on any atom is 0.275 e. The fraction of sp³-hybridized carbons (Fsp3) is 0.583. The van der Waals surface area contributed by atoms with E-state index in [1.807, 2.05) is 6.92 Å². The number of aromatic nitrogens is 3. The van der Waals surface area contributed by atoms with Crippen LogP contribution in [0.1, 0.15) is 19.8 Å². The van der Waals surface area contributed by atoms with Gasteiger partial charge < -0.3 is 9.64 Å². The molecule has 0 radical (unpaired) electrons. The van der Waals surface area contributed by atoms with Crippen LogP contribution in [0.4, 0.5) is 5.13 Å². The predicted octanol–water partition coefficient (Wildman–Crippen LogP) is 1.16. The first-order chi connectivity index (χ1) is 9.28. The summed E-state index contributed by atoms with van der Waals surface area (Å²) in [6, 6.07) is 1.43. The van der Waals surface area contributed by atoms with Gasteiger partial charge in [0.05, 0.1) is 6.10 Å². The Labute approximate surface area is 114 Å². The van der Waals surface area contributed by atoms with Crippen LogP contribution in [0.3, 0.4) is 0 Å². The molecule has 0 N–H and O–H groups in total. The van der Waals surface area contributed by atoms with Crippen LogP contribution in [0.25, 0.3) is 4.96 Å². The lowest BCUT2D eigenvalue weighted by molar-refractivity contribution is 0.0526. The zero-order chi connectivity index (χ0) is 13.2. The number of nitrogens with zero attached hydrogens (tertiary/aromatic N) is 4. The van der Waals surface area contributed by atoms with Crippen molar-refractivity contribution in [3.63, 3.8) is 0 Å². The van der Waals surface area contributed by atoms with Gasteiger partial charge in [0.25, 0.3) is 5.56 Å². The number of piperidine rings is 1. The average molecular weight is 280 g/mol. The van der Waals surface area contributed by atoms with Gasteiger partial charge in [-0.2, -0.15) is 4.52 Å². The molecule has 102 valence electrons. The molecule has 3 rings (SSSR count). The molecule has 1 saturated heterocycles. The van der Waals surface area contributed by atoms with Gasteiger partial charge >= 0.3 is 0 Å². The van der Waals surface area contributed by atoms with E-state index in [9.17, 15) is 4.79 Å². The topological polar surface area (TPSA) is 59.7 Å². The molecule has 1 atom stereocenters. The second-order valence-corrected chi connectivity index (χ2v) is 5.46. The summed E-state index contributed by atoms with van der Waals surface area (Å²) in [5.41, 5.74) is -0.133. The summed E-state index contributed by atoms with van der Waals surface area (Å²) in [5, 5.41) is 5.21. The molecule has 19 heavy (non-hydrogen) atoms. The van der Waals surface area contributed by atoms with Crippen molar-refractivity contribution in [1.82, 2.24) is 14.6 Å². The number of fused-ring (bicyclic) bond motifs is 1. The van der Waals surface area contributed by atoms with Crippen LogP contribution in [0.15, 0.2) is 17.1 Å². The minimum atomic E-state index is -0.133. The quantitative estimate of drug-likeness (QED) is 0.844. The lowest BCUT2D eigenvalue weighted by atomic mass is 10.1. The number of hydrogen-bond donors (Lipinski definition) is 0. The molecule has 0 spiro atoms. The van der Waals surface area contributed by atoms with E-state index in [1.165, 1.54) is 28.1 Å². The number of hydrogen-bond acceptors (Lipinski definition) is 6. The molecule has 1 aliphatic heterocycles. The Morgan fingerprint density at radius 1 is 1.58 bits per heavy atom. The van der Waals surface area contributed by atoms with E-state index >= 15 is 0 Å². The van der Waals surface area contributed by atoms with Crippen LogP contribution < -0.4 is 10.5 Å². The summed E-state index contributed by atoms with van der Waals surface area (Å²) in [7, 11) is 0. The SMILES string of the molecule is CCOC1CCCN(c2nn3c(=O)ccnc3s2)C1. The summed E-state index contributed by atoms with van der Waals surface area (Å²) in [6.45, 7) is 4.54. The highest BCUT2D eigenvalue weighted by Gasteiger charge is 2.23. The van der Waals surface area contributed by atoms with E-state index < -0.39 is 0 Å². The molecule has 0 aromatic carbocycles. The highest BCUT2D eigenvalue weighted by atomic mass is 32.1. The van der Waals surface area contributed by atoms with Crippen molar-refractivity contribution in [3.05, 3.63) is 22.6 Å². The molecular formula is C12H16N4O2S. The Hall–Kier alpha value is -1.47. The second-order valence-electron chi connectivity index (χ2n) is 4.53. The Bertz CT molecular complexity index is 621. The first-order valence-electron chi connectivity index (χ1n) is 6.49. The van der Waals surface area contributed by atoms with Crippen LogP contribution >= 0.6 is 11.3 Å². The third kappa shape index (κ3) is 2.48. The number of ether oxygens (including phenoxy) is 1. The summed E-state index contributed by atoms with van der Waals surface area (Å²) < 4.78 is 7.05. The van der Waals surface area contributed by atoms with Gasteiger partial charge in [-0.1, -0.05) is 11.3 Å². The van der Waals surface area contributed by atoms with Crippen molar-refractivity contribution in [2.75, 3.05) is 24.6 Å². The zero-order valence-electron chi connectivity index (χ0n) is 10.8. The normalized spacial score (nSPS) is 20.1. The summed E-state index contributed by atoms with van der Waals surface area (Å²) in [4.78, 5) is 18.7. The van der Waals surface area contributed by atoms with Gasteiger partial charge in [-0.05, 0) is 19.8 Å². The Morgan fingerprint density at radius 2 is 2.47 bits per heavy atom. The molecule has 7 heteroatoms. The standard InChI is InChI=1S/C12H16N4O2S/c1-2-18-9-4-3-7-15(8-9)12-14-16-10(17)5-6-13-11(16)19-12/h5-6,9H,2-4,7-8H2,1H3. The average Bonchev–Trinajstić information content (AvgIpc) is 2.85. The Morgan fingerprint density at radius 3 is 3.26 bits per heavy atom. The molecule has 1 unspecified atom stereocenters. The van der Waals surface area contributed by atoms with Gasteiger partial charge in [0, 0.05) is 32.0 Å². The lowest BCUT2D eigenvalue weighted by Gasteiger charge is -2.31. The van der Waals surface area contributed by atoms with Crippen molar-refractivity contribution < 1.29 is 4.74 Å². The molecule has 6 nitrogen and oxygen atoms in total. The smallest absolute Gasteiger partial charge is 0.275 e. The summed E-state index contributed by atoms with van der Waals surface area (Å²) >= 11 is 1.45. The zero-order valence-corrected chi connectivity index (χ0v) is 11.6. The van der Waals surface area contributed by atoms with Crippen LogP contribution in [-0.4, -0.2) is 40.4 Å². The van der Waals surface area contributed by atoms with Gasteiger partial charge in [-0.25, -0.2) is 4.98 Å². The number of anilines is 1. The highest BCUT2D eigenvalue weighted by Crippen LogP contribution is 2.25. The molecule has 2 aromatic heterocycles. The van der Waals surface area contributed by atoms with Crippen LogP contribution in [-0.2, 0) is 4.74 Å². The maximum absolute atomic E-state index is 11.7. The van der Waals surface area contributed by atoms with Crippen molar-refractivity contribution in [1.29, 1.82) is 0 Å². The fourth-order valence-electron chi connectivity index (χ4n) is 2.35. The third-order valence-corrected chi connectivity index (χ3v) is 4.19. The maximum atomic E-state index is 11.7. The molecule has 0 amide bonds. The molecule has 0 bridgehead atoms. The Balaban J connectivity index is 1.87. The predicted molar refractivity (Wildman–Crippen MR) is 74.0 cm³/mol. The monoisotopic (exact) mass is 280 g/mol. The molecular weight excluding hydrogens is 264 g/mol. The molecule has 0 aliphatic carbocycles. The largest absolute Gasteiger partial charge is 0.377 e. The first-order valence-corrected chi connectivity index (χ1v) is 7.31. The van der Waals surface area contributed by atoms with Crippen LogP contribution in [0, 0.1) is 0 Å². The second kappa shape index (κ2) is 5.26. The van der Waals surface area contributed by atoms with E-state index in [1.54, 1.807) is 0 Å². The third-order valence-electron chi connectivity index (χ3n) is 3.21. The van der Waals surface area contributed by atoms with Gasteiger partial charge in [-0.3, -0.25) is 4.79 Å². The van der Waals surface area contributed by atoms with E-state index in [0.717, 1.165) is 37.7 Å². The molecule has 3 heterocycles. The van der Waals surface area contributed by atoms with Gasteiger partial charge in [-0.15, -0.1) is 5.10 Å². The van der Waals surface area contributed by atoms with E-state index in [4.69, 9.17) is 4.74 Å². The van der Waals surface area contributed by atoms with Crippen molar-refractivity contribution >= 4 is 21.4 Å². The Kier molecular flexibility index (Phi) is 3.48. The summed E-state index contributed by atoms with van der Waals surface area (Å²) in [6.07, 6.45) is 3.96. The van der Waals surface area contributed by atoms with E-state index in [2.05, 4.69) is 15.0 Å². The van der Waals surface area contributed by atoms with E-state index in [-0.39, 0.29) is 11.7 Å². The van der Waals surface area contributed by atoms with E-state index in [0.29, 0.717) is 4.96 Å². The fourth-order valence-corrected chi connectivity index (χ4v) is 3.26. The van der Waals surface area contributed by atoms with Crippen molar-refractivity contribution in [3.8, 4) is 0 Å².